The van der Waals surface area contributed by atoms with E-state index in [0.29, 0.717) is 12.6 Å². The number of benzene rings is 1. The van der Waals surface area contributed by atoms with Crippen molar-refractivity contribution in [3.63, 3.8) is 0 Å². The van der Waals surface area contributed by atoms with E-state index in [1.54, 1.807) is 6.08 Å². The molecule has 0 aliphatic heterocycles. The van der Waals surface area contributed by atoms with Crippen molar-refractivity contribution in [3.8, 4) is 0 Å². The zero-order valence-electron chi connectivity index (χ0n) is 9.95. The predicted molar refractivity (Wildman–Crippen MR) is 73.1 cm³/mol. The topological polar surface area (TPSA) is 20.3 Å². The fourth-order valence-corrected chi connectivity index (χ4v) is 2.28. The van der Waals surface area contributed by atoms with Crippen LogP contribution in [-0.2, 0) is 0 Å². The van der Waals surface area contributed by atoms with Gasteiger partial charge in [0, 0.05) is 22.6 Å². The van der Waals surface area contributed by atoms with Gasteiger partial charge in [-0.3, -0.25) is 4.79 Å². The minimum absolute atomic E-state index is 0.117. The fourth-order valence-electron chi connectivity index (χ4n) is 1.92. The molecule has 0 N–H and O–H groups in total. The minimum atomic E-state index is 0.117. The highest BCUT2D eigenvalue weighted by Gasteiger charge is 2.32. The lowest BCUT2D eigenvalue weighted by atomic mass is 10.1. The van der Waals surface area contributed by atoms with E-state index in [4.69, 9.17) is 0 Å². The van der Waals surface area contributed by atoms with E-state index in [0.717, 1.165) is 28.4 Å². The number of carbonyl (C=O) groups is 1. The van der Waals surface area contributed by atoms with E-state index < -0.39 is 0 Å². The van der Waals surface area contributed by atoms with E-state index in [-0.39, 0.29) is 5.91 Å². The van der Waals surface area contributed by atoms with Gasteiger partial charge in [-0.1, -0.05) is 28.1 Å². The van der Waals surface area contributed by atoms with Crippen LogP contribution in [0.4, 0.5) is 0 Å². The molecule has 1 fully saturated rings. The molecule has 1 amide bonds. The molecule has 2 rings (SSSR count). The minimum Gasteiger partial charge on any atom is -0.332 e. The molecule has 1 aromatic rings. The van der Waals surface area contributed by atoms with Crippen LogP contribution in [0.2, 0.25) is 0 Å². The summed E-state index contributed by atoms with van der Waals surface area (Å²) in [6.07, 6.45) is 4.03. The maximum Gasteiger partial charge on any atom is 0.254 e. The quantitative estimate of drug-likeness (QED) is 0.778. The number of carbonyl (C=O) groups excluding carboxylic acids is 1. The van der Waals surface area contributed by atoms with Gasteiger partial charge in [-0.2, -0.15) is 0 Å². The Morgan fingerprint density at radius 1 is 1.59 bits per heavy atom. The van der Waals surface area contributed by atoms with E-state index in [1.807, 2.05) is 30.0 Å². The van der Waals surface area contributed by atoms with Gasteiger partial charge >= 0.3 is 0 Å². The smallest absolute Gasteiger partial charge is 0.254 e. The lowest BCUT2D eigenvalue weighted by molar-refractivity contribution is 0.0762. The first kappa shape index (κ1) is 12.4. The lowest BCUT2D eigenvalue weighted by Gasteiger charge is -2.21. The van der Waals surface area contributed by atoms with Gasteiger partial charge in [-0.15, -0.1) is 6.58 Å². The average Bonchev–Trinajstić information content (AvgIpc) is 3.13. The van der Waals surface area contributed by atoms with Gasteiger partial charge in [-0.05, 0) is 37.5 Å². The monoisotopic (exact) mass is 293 g/mol. The number of hydrogen-bond donors (Lipinski definition) is 0. The second-order valence-corrected chi connectivity index (χ2v) is 5.24. The molecule has 17 heavy (non-hydrogen) atoms. The van der Waals surface area contributed by atoms with Crippen LogP contribution in [0.3, 0.4) is 0 Å². The van der Waals surface area contributed by atoms with Gasteiger partial charge in [0.15, 0.2) is 0 Å². The number of rotatable bonds is 4. The number of halogens is 1. The summed E-state index contributed by atoms with van der Waals surface area (Å²) in [5.74, 6) is 0.117. The largest absolute Gasteiger partial charge is 0.332 e. The second-order valence-electron chi connectivity index (χ2n) is 4.39. The van der Waals surface area contributed by atoms with Crippen LogP contribution >= 0.6 is 15.9 Å². The molecule has 0 heterocycles. The highest BCUT2D eigenvalue weighted by molar-refractivity contribution is 9.10. The normalized spacial score (nSPS) is 14.5. The van der Waals surface area contributed by atoms with Crippen molar-refractivity contribution in [3.05, 3.63) is 46.5 Å². The van der Waals surface area contributed by atoms with Crippen LogP contribution in [0.5, 0.6) is 0 Å². The number of amides is 1. The third-order valence-corrected chi connectivity index (χ3v) is 3.93. The molecule has 3 heteroatoms. The van der Waals surface area contributed by atoms with Gasteiger partial charge in [0.1, 0.15) is 0 Å². The van der Waals surface area contributed by atoms with Gasteiger partial charge in [-0.25, -0.2) is 0 Å². The molecule has 0 radical (unpaired) electrons. The van der Waals surface area contributed by atoms with Gasteiger partial charge in [0.2, 0.25) is 0 Å². The Kier molecular flexibility index (Phi) is 3.67. The first-order valence-electron chi connectivity index (χ1n) is 5.82. The van der Waals surface area contributed by atoms with Crippen LogP contribution in [0.1, 0.15) is 28.8 Å². The van der Waals surface area contributed by atoms with E-state index in [9.17, 15) is 4.79 Å². The van der Waals surface area contributed by atoms with Gasteiger partial charge in [0.05, 0.1) is 0 Å². The zero-order chi connectivity index (χ0) is 12.4. The molecule has 0 saturated heterocycles. The molecular formula is C14H16BrNO. The molecule has 0 atom stereocenters. The van der Waals surface area contributed by atoms with Crippen LogP contribution < -0.4 is 0 Å². The summed E-state index contributed by atoms with van der Waals surface area (Å²) in [5.41, 5.74) is 1.79. The van der Waals surface area contributed by atoms with Crippen molar-refractivity contribution in [2.45, 2.75) is 25.8 Å². The molecule has 1 aliphatic rings. The maximum absolute atomic E-state index is 12.4. The summed E-state index contributed by atoms with van der Waals surface area (Å²) in [5, 5.41) is 0. The maximum atomic E-state index is 12.4. The summed E-state index contributed by atoms with van der Waals surface area (Å²) in [7, 11) is 0. The SMILES string of the molecule is C=CCN(C(=O)c1cccc(Br)c1C)C1CC1. The standard InChI is InChI=1S/C14H16BrNO/c1-3-9-16(11-7-8-11)14(17)12-5-4-6-13(15)10(12)2/h3-6,11H,1,7-9H2,2H3. The zero-order valence-corrected chi connectivity index (χ0v) is 11.5. The Labute approximate surface area is 110 Å². The highest BCUT2D eigenvalue weighted by atomic mass is 79.9. The van der Waals surface area contributed by atoms with Crippen LogP contribution in [-0.4, -0.2) is 23.4 Å². The second kappa shape index (κ2) is 5.05. The molecule has 0 spiro atoms. The summed E-state index contributed by atoms with van der Waals surface area (Å²) in [4.78, 5) is 14.4. The van der Waals surface area contributed by atoms with E-state index >= 15 is 0 Å². The predicted octanol–water partition coefficient (Wildman–Crippen LogP) is 3.55. The molecule has 0 aromatic heterocycles. The van der Waals surface area contributed by atoms with Crippen molar-refractivity contribution >= 4 is 21.8 Å². The summed E-state index contributed by atoms with van der Waals surface area (Å²) in [6.45, 7) is 6.33. The fraction of sp³-hybridized carbons (Fsp3) is 0.357. The van der Waals surface area contributed by atoms with E-state index in [1.165, 1.54) is 0 Å². The first-order chi connectivity index (χ1) is 8.15. The highest BCUT2D eigenvalue weighted by Crippen LogP contribution is 2.29. The molecule has 1 saturated carbocycles. The average molecular weight is 294 g/mol. The Balaban J connectivity index is 2.28. The molecule has 0 bridgehead atoms. The molecule has 90 valence electrons. The summed E-state index contributed by atoms with van der Waals surface area (Å²) in [6, 6.07) is 6.17. The molecule has 2 nitrogen and oxygen atoms in total. The van der Waals surface area contributed by atoms with Crippen LogP contribution in [0.15, 0.2) is 35.3 Å². The molecule has 0 unspecified atom stereocenters. The summed E-state index contributed by atoms with van der Waals surface area (Å²) >= 11 is 3.46. The third kappa shape index (κ3) is 2.60. The van der Waals surface area contributed by atoms with Crippen molar-refractivity contribution < 1.29 is 4.79 Å². The summed E-state index contributed by atoms with van der Waals surface area (Å²) < 4.78 is 0.984. The molecular weight excluding hydrogens is 278 g/mol. The van der Waals surface area contributed by atoms with Crippen molar-refractivity contribution in [2.24, 2.45) is 0 Å². The number of nitrogens with zero attached hydrogens (tertiary/aromatic N) is 1. The van der Waals surface area contributed by atoms with Gasteiger partial charge in [0.25, 0.3) is 5.91 Å². The lowest BCUT2D eigenvalue weighted by Crippen LogP contribution is -2.33. The molecule has 1 aromatic carbocycles. The van der Waals surface area contributed by atoms with E-state index in [2.05, 4.69) is 22.5 Å². The Morgan fingerprint density at radius 3 is 2.88 bits per heavy atom. The van der Waals surface area contributed by atoms with Crippen LogP contribution in [0.25, 0.3) is 0 Å². The van der Waals surface area contributed by atoms with Crippen molar-refractivity contribution in [2.75, 3.05) is 6.54 Å². The Morgan fingerprint density at radius 2 is 2.29 bits per heavy atom. The number of hydrogen-bond acceptors (Lipinski definition) is 1. The Bertz CT molecular complexity index is 452. The van der Waals surface area contributed by atoms with Gasteiger partial charge < -0.3 is 4.90 Å². The van der Waals surface area contributed by atoms with Crippen molar-refractivity contribution in [1.29, 1.82) is 0 Å². The third-order valence-electron chi connectivity index (χ3n) is 3.07. The Hall–Kier alpha value is -1.09. The van der Waals surface area contributed by atoms with Crippen molar-refractivity contribution in [1.82, 2.24) is 4.90 Å². The molecule has 1 aliphatic carbocycles. The first-order valence-corrected chi connectivity index (χ1v) is 6.61. The van der Waals surface area contributed by atoms with Crippen LogP contribution in [0, 0.1) is 6.92 Å².